The summed E-state index contributed by atoms with van der Waals surface area (Å²) < 4.78 is 12.5. The lowest BCUT2D eigenvalue weighted by Gasteiger charge is -2.23. The molecule has 1 unspecified atom stereocenters. The highest BCUT2D eigenvalue weighted by atomic mass is 35.5. The standard InChI is InChI=1S/C32H30ClN3O5S2/c1-3-5-17-41-24-16-15-21(18-25(24)40-4-2)27-26(28(37)20-11-7-6-8-12-20)29(38)30(39)36(27)31-34-35-32(43-31)42-19-22-13-9-10-14-23(22)33/h6-16,18,27,37H,3-5,17,19H2,1-2H3. The fourth-order valence-electron chi connectivity index (χ4n) is 4.62. The molecule has 1 amide bonds. The number of anilines is 1. The molecule has 4 aromatic rings. The number of rotatable bonds is 12. The summed E-state index contributed by atoms with van der Waals surface area (Å²) in [6, 6.07) is 20.5. The molecule has 0 radical (unpaired) electrons. The van der Waals surface area contributed by atoms with E-state index in [9.17, 15) is 14.7 Å². The van der Waals surface area contributed by atoms with E-state index in [-0.39, 0.29) is 16.5 Å². The third kappa shape index (κ3) is 6.71. The van der Waals surface area contributed by atoms with E-state index >= 15 is 0 Å². The number of hydrogen-bond acceptors (Lipinski definition) is 9. The summed E-state index contributed by atoms with van der Waals surface area (Å²) in [5, 5.41) is 20.9. The Bertz CT molecular complexity index is 1640. The summed E-state index contributed by atoms with van der Waals surface area (Å²) in [5.41, 5.74) is 1.88. The lowest BCUT2D eigenvalue weighted by molar-refractivity contribution is -0.132. The molecule has 0 aliphatic carbocycles. The molecule has 1 saturated heterocycles. The Morgan fingerprint density at radius 1 is 1.00 bits per heavy atom. The minimum absolute atomic E-state index is 0.0428. The Hall–Kier alpha value is -3.86. The molecule has 1 atom stereocenters. The van der Waals surface area contributed by atoms with Gasteiger partial charge >= 0.3 is 5.91 Å². The summed E-state index contributed by atoms with van der Waals surface area (Å²) in [6.07, 6.45) is 1.87. The lowest BCUT2D eigenvalue weighted by atomic mass is 9.95. The van der Waals surface area contributed by atoms with Gasteiger partial charge < -0.3 is 14.6 Å². The molecule has 3 aromatic carbocycles. The molecule has 43 heavy (non-hydrogen) atoms. The number of amides is 1. The van der Waals surface area contributed by atoms with Crippen LogP contribution in [-0.2, 0) is 15.3 Å². The number of halogens is 1. The van der Waals surface area contributed by atoms with Gasteiger partial charge in [0, 0.05) is 16.3 Å². The van der Waals surface area contributed by atoms with Crippen molar-refractivity contribution in [3.05, 3.63) is 100 Å². The molecule has 8 nitrogen and oxygen atoms in total. The fraction of sp³-hybridized carbons (Fsp3) is 0.250. The van der Waals surface area contributed by atoms with E-state index < -0.39 is 17.7 Å². The van der Waals surface area contributed by atoms with Crippen LogP contribution in [0.3, 0.4) is 0 Å². The van der Waals surface area contributed by atoms with Crippen molar-refractivity contribution in [2.45, 2.75) is 42.8 Å². The fourth-order valence-corrected chi connectivity index (χ4v) is 6.77. The third-order valence-corrected chi connectivity index (χ3v) is 9.21. The quantitative estimate of drug-likeness (QED) is 0.0422. The van der Waals surface area contributed by atoms with Crippen LogP contribution in [0.15, 0.2) is 82.7 Å². The maximum absolute atomic E-state index is 13.6. The monoisotopic (exact) mass is 635 g/mol. The molecule has 0 bridgehead atoms. The van der Waals surface area contributed by atoms with Crippen LogP contribution in [0.25, 0.3) is 5.76 Å². The maximum atomic E-state index is 13.6. The number of ketones is 1. The number of aliphatic hydroxyl groups excluding tert-OH is 1. The van der Waals surface area contributed by atoms with Gasteiger partial charge in [-0.2, -0.15) is 0 Å². The van der Waals surface area contributed by atoms with Crippen LogP contribution in [0.5, 0.6) is 11.5 Å². The van der Waals surface area contributed by atoms with Crippen molar-refractivity contribution in [1.82, 2.24) is 10.2 Å². The molecule has 1 aromatic heterocycles. The highest BCUT2D eigenvalue weighted by Gasteiger charge is 2.48. The van der Waals surface area contributed by atoms with Gasteiger partial charge in [0.2, 0.25) is 5.13 Å². The zero-order chi connectivity index (χ0) is 30.3. The normalized spacial score (nSPS) is 16.1. The van der Waals surface area contributed by atoms with Crippen molar-refractivity contribution in [1.29, 1.82) is 0 Å². The summed E-state index contributed by atoms with van der Waals surface area (Å²) in [4.78, 5) is 28.5. The molecule has 1 N–H and O–H groups in total. The second-order valence-corrected chi connectivity index (χ2v) is 12.2. The Balaban J connectivity index is 1.56. The predicted molar refractivity (Wildman–Crippen MR) is 170 cm³/mol. The van der Waals surface area contributed by atoms with Crippen molar-refractivity contribution in [2.24, 2.45) is 0 Å². The number of Topliss-reactive ketones (excluding diaryl/α,β-unsaturated/α-hetero) is 1. The molecule has 1 aliphatic rings. The summed E-state index contributed by atoms with van der Waals surface area (Å²) >= 11 is 8.94. The molecular weight excluding hydrogens is 606 g/mol. The number of aliphatic hydroxyl groups is 1. The van der Waals surface area contributed by atoms with Crippen molar-refractivity contribution < 1.29 is 24.2 Å². The van der Waals surface area contributed by atoms with Crippen molar-refractivity contribution in [2.75, 3.05) is 18.1 Å². The third-order valence-electron chi connectivity index (χ3n) is 6.74. The van der Waals surface area contributed by atoms with Gasteiger partial charge in [-0.1, -0.05) is 103 Å². The topological polar surface area (TPSA) is 102 Å². The first-order chi connectivity index (χ1) is 20.9. The zero-order valence-electron chi connectivity index (χ0n) is 23.7. The number of unbranched alkanes of at least 4 members (excludes halogenated alkanes) is 1. The molecule has 2 heterocycles. The van der Waals surface area contributed by atoms with Crippen molar-refractivity contribution in [3.63, 3.8) is 0 Å². The average molecular weight is 636 g/mol. The molecule has 5 rings (SSSR count). The van der Waals surface area contributed by atoms with E-state index in [0.29, 0.717) is 51.0 Å². The Labute approximate surface area is 263 Å². The first-order valence-electron chi connectivity index (χ1n) is 13.9. The number of benzene rings is 3. The van der Waals surface area contributed by atoms with Crippen LogP contribution >= 0.6 is 34.7 Å². The lowest BCUT2D eigenvalue weighted by Crippen LogP contribution is -2.29. The second-order valence-electron chi connectivity index (χ2n) is 9.61. The van der Waals surface area contributed by atoms with Crippen molar-refractivity contribution >= 4 is 57.3 Å². The van der Waals surface area contributed by atoms with Crippen LogP contribution in [-0.4, -0.2) is 40.2 Å². The average Bonchev–Trinajstić information content (AvgIpc) is 3.59. The van der Waals surface area contributed by atoms with Gasteiger partial charge in [-0.3, -0.25) is 14.5 Å². The van der Waals surface area contributed by atoms with Gasteiger partial charge in [0.1, 0.15) is 5.76 Å². The SMILES string of the molecule is CCCCOc1ccc(C2C(=C(O)c3ccccc3)C(=O)C(=O)N2c2nnc(SCc3ccccc3Cl)s2)cc1OCC. The first kappa shape index (κ1) is 30.6. The first-order valence-corrected chi connectivity index (χ1v) is 16.1. The number of aromatic nitrogens is 2. The number of ether oxygens (including phenoxy) is 2. The molecule has 0 saturated carbocycles. The molecule has 1 aliphatic heterocycles. The Morgan fingerprint density at radius 2 is 1.77 bits per heavy atom. The van der Waals surface area contributed by atoms with E-state index in [2.05, 4.69) is 17.1 Å². The molecular formula is C32H30ClN3O5S2. The van der Waals surface area contributed by atoms with E-state index in [0.717, 1.165) is 18.4 Å². The van der Waals surface area contributed by atoms with Crippen LogP contribution in [0, 0.1) is 0 Å². The van der Waals surface area contributed by atoms with Gasteiger partial charge in [-0.15, -0.1) is 10.2 Å². The summed E-state index contributed by atoms with van der Waals surface area (Å²) in [5.74, 6) is -0.286. The van der Waals surface area contributed by atoms with Crippen LogP contribution in [0.1, 0.15) is 49.4 Å². The smallest absolute Gasteiger partial charge is 0.301 e. The van der Waals surface area contributed by atoms with E-state index in [1.165, 1.54) is 28.0 Å². The van der Waals surface area contributed by atoms with Crippen molar-refractivity contribution in [3.8, 4) is 11.5 Å². The van der Waals surface area contributed by atoms with E-state index in [1.807, 2.05) is 37.3 Å². The summed E-state index contributed by atoms with van der Waals surface area (Å²) in [6.45, 7) is 4.87. The molecule has 0 spiro atoms. The zero-order valence-corrected chi connectivity index (χ0v) is 26.0. The van der Waals surface area contributed by atoms with Gasteiger partial charge in [0.25, 0.3) is 5.78 Å². The van der Waals surface area contributed by atoms with E-state index in [4.69, 9.17) is 21.1 Å². The summed E-state index contributed by atoms with van der Waals surface area (Å²) in [7, 11) is 0. The van der Waals surface area contributed by atoms with Crippen LogP contribution < -0.4 is 14.4 Å². The van der Waals surface area contributed by atoms with Gasteiger partial charge in [-0.05, 0) is 42.7 Å². The molecule has 11 heteroatoms. The minimum atomic E-state index is -0.974. The number of nitrogens with zero attached hydrogens (tertiary/aromatic N) is 3. The Morgan fingerprint density at radius 3 is 2.51 bits per heavy atom. The minimum Gasteiger partial charge on any atom is -0.507 e. The van der Waals surface area contributed by atoms with Gasteiger partial charge in [-0.25, -0.2) is 0 Å². The van der Waals surface area contributed by atoms with Gasteiger partial charge in [0.15, 0.2) is 15.8 Å². The van der Waals surface area contributed by atoms with Crippen LogP contribution in [0.2, 0.25) is 5.02 Å². The highest BCUT2D eigenvalue weighted by Crippen LogP contribution is 2.45. The number of carbonyl (C=O) groups is 2. The van der Waals surface area contributed by atoms with Gasteiger partial charge in [0.05, 0.1) is 24.8 Å². The predicted octanol–water partition coefficient (Wildman–Crippen LogP) is 7.69. The second kappa shape index (κ2) is 14.1. The highest BCUT2D eigenvalue weighted by molar-refractivity contribution is 8.00. The number of thioether (sulfide) groups is 1. The molecule has 1 fully saturated rings. The van der Waals surface area contributed by atoms with E-state index in [1.54, 1.807) is 42.5 Å². The maximum Gasteiger partial charge on any atom is 0.301 e. The number of hydrogen-bond donors (Lipinski definition) is 1. The largest absolute Gasteiger partial charge is 0.507 e. The number of carbonyl (C=O) groups excluding carboxylic acids is 2. The van der Waals surface area contributed by atoms with Crippen LogP contribution in [0.4, 0.5) is 5.13 Å². The molecule has 222 valence electrons. The Kier molecular flexibility index (Phi) is 10.0.